The molecule has 0 aromatic carbocycles. The van der Waals surface area contributed by atoms with Gasteiger partial charge < -0.3 is 10.5 Å². The van der Waals surface area contributed by atoms with Crippen LogP contribution in [0.2, 0.25) is 0 Å². The number of carbonyl (C=O) groups excluding carboxylic acids is 1. The number of thioether (sulfide) groups is 1. The van der Waals surface area contributed by atoms with Gasteiger partial charge in [0.1, 0.15) is 0 Å². The van der Waals surface area contributed by atoms with Crippen LogP contribution in [-0.4, -0.2) is 45.1 Å². The number of carbonyl (C=O) groups is 1. The summed E-state index contributed by atoms with van der Waals surface area (Å²) in [7, 11) is 0. The molecule has 0 bridgehead atoms. The number of ether oxygens (including phenoxy) is 1. The number of aromatic nitrogens is 4. The Hall–Kier alpha value is -1.15. The fourth-order valence-corrected chi connectivity index (χ4v) is 1.59. The van der Waals surface area contributed by atoms with E-state index < -0.39 is 0 Å². The lowest BCUT2D eigenvalue weighted by atomic mass is 10.7. The van der Waals surface area contributed by atoms with Gasteiger partial charge >= 0.3 is 5.97 Å². The van der Waals surface area contributed by atoms with Gasteiger partial charge in [0.25, 0.3) is 0 Å². The summed E-state index contributed by atoms with van der Waals surface area (Å²) in [5, 5.41) is 11.6. The highest BCUT2D eigenvalue weighted by molar-refractivity contribution is 7.99. The maximum absolute atomic E-state index is 11.1. The smallest absolute Gasteiger partial charge is 0.316 e. The zero-order valence-electron chi connectivity index (χ0n) is 8.42. The molecule has 8 heteroatoms. The highest BCUT2D eigenvalue weighted by atomic mass is 32.2. The third kappa shape index (κ3) is 3.84. The van der Waals surface area contributed by atoms with E-state index in [4.69, 9.17) is 10.5 Å². The minimum Gasteiger partial charge on any atom is -0.465 e. The number of hydrogen-bond acceptors (Lipinski definition) is 7. The maximum Gasteiger partial charge on any atom is 0.316 e. The second-order valence-corrected chi connectivity index (χ2v) is 3.51. The van der Waals surface area contributed by atoms with Crippen LogP contribution in [0.15, 0.2) is 5.16 Å². The number of nitrogens with two attached hydrogens (primary N) is 1. The lowest BCUT2D eigenvalue weighted by molar-refractivity contribution is -0.139. The van der Waals surface area contributed by atoms with Gasteiger partial charge in [0.15, 0.2) is 0 Å². The van der Waals surface area contributed by atoms with Gasteiger partial charge in [0.2, 0.25) is 5.16 Å². The van der Waals surface area contributed by atoms with Crippen LogP contribution in [0.25, 0.3) is 0 Å². The summed E-state index contributed by atoms with van der Waals surface area (Å²) >= 11 is 1.24. The summed E-state index contributed by atoms with van der Waals surface area (Å²) in [6.45, 7) is 3.14. The molecular weight excluding hydrogens is 218 g/mol. The summed E-state index contributed by atoms with van der Waals surface area (Å²) in [5.74, 6) is -0.0662. The van der Waals surface area contributed by atoms with Crippen LogP contribution in [0.1, 0.15) is 6.92 Å². The molecule has 0 amide bonds. The molecule has 1 aromatic rings. The van der Waals surface area contributed by atoms with Gasteiger partial charge in [-0.3, -0.25) is 4.79 Å². The SMILES string of the molecule is CCOC(=O)CSc1nnnn1CCN. The van der Waals surface area contributed by atoms with Gasteiger partial charge in [-0.1, -0.05) is 11.8 Å². The lowest BCUT2D eigenvalue weighted by Crippen LogP contribution is -2.13. The van der Waals surface area contributed by atoms with Crippen molar-refractivity contribution in [2.24, 2.45) is 5.73 Å². The Balaban J connectivity index is 2.42. The Kier molecular flexibility index (Phi) is 5.05. The highest BCUT2D eigenvalue weighted by Crippen LogP contribution is 2.13. The van der Waals surface area contributed by atoms with Crippen molar-refractivity contribution < 1.29 is 9.53 Å². The molecule has 0 aliphatic carbocycles. The fraction of sp³-hybridized carbons (Fsp3) is 0.714. The van der Waals surface area contributed by atoms with Crippen LogP contribution in [0.3, 0.4) is 0 Å². The maximum atomic E-state index is 11.1. The molecule has 2 N–H and O–H groups in total. The number of tetrazole rings is 1. The molecule has 0 atom stereocenters. The summed E-state index contributed by atoms with van der Waals surface area (Å²) in [6.07, 6.45) is 0. The van der Waals surface area contributed by atoms with Gasteiger partial charge in [0.05, 0.1) is 18.9 Å². The van der Waals surface area contributed by atoms with Crippen molar-refractivity contribution in [2.45, 2.75) is 18.6 Å². The molecule has 0 aliphatic rings. The average molecular weight is 231 g/mol. The first kappa shape index (κ1) is 11.9. The Morgan fingerprint density at radius 2 is 2.47 bits per heavy atom. The Labute approximate surface area is 91.3 Å². The van der Waals surface area contributed by atoms with Crippen molar-refractivity contribution in [3.8, 4) is 0 Å². The standard InChI is InChI=1S/C7H13N5O2S/c1-2-14-6(13)5-15-7-9-10-11-12(7)4-3-8/h2-5,8H2,1H3. The Bertz CT molecular complexity index is 316. The molecule has 0 saturated carbocycles. The molecule has 7 nitrogen and oxygen atoms in total. The van der Waals surface area contributed by atoms with Gasteiger partial charge in [0, 0.05) is 6.54 Å². The largest absolute Gasteiger partial charge is 0.465 e. The molecule has 1 rings (SSSR count). The van der Waals surface area contributed by atoms with Crippen molar-refractivity contribution >= 4 is 17.7 Å². The summed E-state index contributed by atoms with van der Waals surface area (Å²) in [6, 6.07) is 0. The van der Waals surface area contributed by atoms with E-state index in [1.54, 1.807) is 11.6 Å². The van der Waals surface area contributed by atoms with E-state index in [1.807, 2.05) is 0 Å². The minimum absolute atomic E-state index is 0.207. The van der Waals surface area contributed by atoms with Crippen LogP contribution in [0, 0.1) is 0 Å². The predicted molar refractivity (Wildman–Crippen MR) is 54.2 cm³/mol. The molecule has 0 unspecified atom stereocenters. The summed E-state index contributed by atoms with van der Waals surface area (Å²) in [5.41, 5.74) is 5.37. The summed E-state index contributed by atoms with van der Waals surface area (Å²) < 4.78 is 6.34. The molecule has 1 heterocycles. The Morgan fingerprint density at radius 1 is 1.67 bits per heavy atom. The molecule has 84 valence electrons. The van der Waals surface area contributed by atoms with Gasteiger partial charge in [-0.2, -0.15) is 0 Å². The van der Waals surface area contributed by atoms with E-state index in [9.17, 15) is 4.79 Å². The Morgan fingerprint density at radius 3 is 3.13 bits per heavy atom. The van der Waals surface area contributed by atoms with Crippen molar-refractivity contribution in [1.29, 1.82) is 0 Å². The predicted octanol–water partition coefficient (Wildman–Crippen LogP) is -0.713. The number of rotatable bonds is 6. The van der Waals surface area contributed by atoms with Crippen molar-refractivity contribution in [1.82, 2.24) is 20.2 Å². The van der Waals surface area contributed by atoms with Crippen molar-refractivity contribution in [3.05, 3.63) is 0 Å². The van der Waals surface area contributed by atoms with Crippen LogP contribution < -0.4 is 5.73 Å². The zero-order valence-corrected chi connectivity index (χ0v) is 9.24. The van der Waals surface area contributed by atoms with E-state index in [0.29, 0.717) is 24.9 Å². The van der Waals surface area contributed by atoms with E-state index in [1.165, 1.54) is 11.8 Å². The molecule has 1 aromatic heterocycles. The zero-order chi connectivity index (χ0) is 11.1. The quantitative estimate of drug-likeness (QED) is 0.510. The average Bonchev–Trinajstić information content (AvgIpc) is 2.64. The van der Waals surface area contributed by atoms with Gasteiger partial charge in [-0.25, -0.2) is 4.68 Å². The van der Waals surface area contributed by atoms with Crippen LogP contribution in [-0.2, 0) is 16.1 Å². The fourth-order valence-electron chi connectivity index (χ4n) is 0.889. The van der Waals surface area contributed by atoms with Crippen molar-refractivity contribution in [2.75, 3.05) is 18.9 Å². The normalized spacial score (nSPS) is 10.3. The van der Waals surface area contributed by atoms with Crippen LogP contribution >= 0.6 is 11.8 Å². The van der Waals surface area contributed by atoms with E-state index in [-0.39, 0.29) is 11.7 Å². The van der Waals surface area contributed by atoms with E-state index >= 15 is 0 Å². The van der Waals surface area contributed by atoms with Crippen LogP contribution in [0.4, 0.5) is 0 Å². The topological polar surface area (TPSA) is 95.9 Å². The number of hydrogen-bond donors (Lipinski definition) is 1. The first-order valence-electron chi connectivity index (χ1n) is 4.52. The second-order valence-electron chi connectivity index (χ2n) is 2.57. The minimum atomic E-state index is -0.273. The molecule has 0 saturated heterocycles. The molecular formula is C7H13N5O2S. The third-order valence-electron chi connectivity index (χ3n) is 1.46. The molecule has 0 radical (unpaired) electrons. The number of nitrogens with zero attached hydrogens (tertiary/aromatic N) is 4. The molecule has 0 fully saturated rings. The first-order valence-corrected chi connectivity index (χ1v) is 5.51. The lowest BCUT2D eigenvalue weighted by Gasteiger charge is -2.02. The van der Waals surface area contributed by atoms with E-state index in [2.05, 4.69) is 15.5 Å². The monoisotopic (exact) mass is 231 g/mol. The van der Waals surface area contributed by atoms with E-state index in [0.717, 1.165) is 0 Å². The van der Waals surface area contributed by atoms with Crippen LogP contribution in [0.5, 0.6) is 0 Å². The third-order valence-corrected chi connectivity index (χ3v) is 2.40. The molecule has 0 spiro atoms. The van der Waals surface area contributed by atoms with Gasteiger partial charge in [-0.05, 0) is 17.4 Å². The molecule has 15 heavy (non-hydrogen) atoms. The highest BCUT2D eigenvalue weighted by Gasteiger charge is 2.09. The summed E-state index contributed by atoms with van der Waals surface area (Å²) in [4.78, 5) is 11.1. The van der Waals surface area contributed by atoms with Crippen molar-refractivity contribution in [3.63, 3.8) is 0 Å². The van der Waals surface area contributed by atoms with Gasteiger partial charge in [-0.15, -0.1) is 5.10 Å². The second kappa shape index (κ2) is 6.36. The number of esters is 1. The molecule has 0 aliphatic heterocycles. The first-order chi connectivity index (χ1) is 7.27.